The number of anilines is 2. The predicted octanol–water partition coefficient (Wildman–Crippen LogP) is 2.54. The van der Waals surface area contributed by atoms with Gasteiger partial charge in [0.2, 0.25) is 5.88 Å². The molecular weight excluding hydrogens is 460 g/mol. The Kier molecular flexibility index (Phi) is 5.28. The molecular formula is C26H24N6O4. The highest BCUT2D eigenvalue weighted by atomic mass is 16.5. The molecule has 1 aromatic carbocycles. The standard InChI is InChI=1S/C26H24N6O4/c33-23-26(24(34)30-25(35)29-23)9-1-12-32(26)20-3-5-22(28-15-20)36-21-4-2-18-16-31(13-8-17(18)14-21)19-6-10-27-11-7-19/h2-7,10-11,14-15H,1,8-9,12-13,16H2,(H2,29,30,33,34,35). The molecule has 2 aromatic heterocycles. The summed E-state index contributed by atoms with van der Waals surface area (Å²) in [6.45, 7) is 2.24. The molecule has 0 radical (unpaired) electrons. The second kappa shape index (κ2) is 8.63. The first-order valence-electron chi connectivity index (χ1n) is 11.9. The van der Waals surface area contributed by atoms with Gasteiger partial charge in [-0.25, -0.2) is 9.78 Å². The van der Waals surface area contributed by atoms with Crippen LogP contribution in [0, 0.1) is 0 Å². The van der Waals surface area contributed by atoms with Crippen LogP contribution < -0.4 is 25.2 Å². The second-order valence-electron chi connectivity index (χ2n) is 9.12. The van der Waals surface area contributed by atoms with E-state index in [4.69, 9.17) is 4.74 Å². The van der Waals surface area contributed by atoms with Crippen LogP contribution in [0.15, 0.2) is 61.1 Å². The lowest BCUT2D eigenvalue weighted by atomic mass is 9.92. The van der Waals surface area contributed by atoms with Crippen LogP contribution in [0.4, 0.5) is 16.2 Å². The topological polar surface area (TPSA) is 117 Å². The first-order valence-corrected chi connectivity index (χ1v) is 11.9. The van der Waals surface area contributed by atoms with E-state index >= 15 is 0 Å². The Hall–Kier alpha value is -4.47. The first-order chi connectivity index (χ1) is 17.5. The van der Waals surface area contributed by atoms with Gasteiger partial charge >= 0.3 is 6.03 Å². The molecule has 2 N–H and O–H groups in total. The maximum Gasteiger partial charge on any atom is 0.328 e. The van der Waals surface area contributed by atoms with Crippen LogP contribution in [0.2, 0.25) is 0 Å². The lowest BCUT2D eigenvalue weighted by Gasteiger charge is -2.38. The summed E-state index contributed by atoms with van der Waals surface area (Å²) in [5, 5.41) is 4.44. The molecule has 0 atom stereocenters. The van der Waals surface area contributed by atoms with E-state index < -0.39 is 23.4 Å². The number of nitrogens with one attached hydrogen (secondary N) is 2. The molecule has 0 unspecified atom stereocenters. The van der Waals surface area contributed by atoms with Crippen molar-refractivity contribution < 1.29 is 19.1 Å². The summed E-state index contributed by atoms with van der Waals surface area (Å²) in [7, 11) is 0. The average molecular weight is 485 g/mol. The smallest absolute Gasteiger partial charge is 0.328 e. The number of imide groups is 2. The van der Waals surface area contributed by atoms with E-state index in [-0.39, 0.29) is 0 Å². The lowest BCUT2D eigenvalue weighted by molar-refractivity contribution is -0.137. The average Bonchev–Trinajstić information content (AvgIpc) is 3.34. The van der Waals surface area contributed by atoms with Crippen LogP contribution in [-0.2, 0) is 22.6 Å². The molecule has 0 saturated carbocycles. The Morgan fingerprint density at radius 2 is 1.69 bits per heavy atom. The summed E-state index contributed by atoms with van der Waals surface area (Å²) in [5.41, 5.74) is 2.84. The fourth-order valence-electron chi connectivity index (χ4n) is 5.27. The van der Waals surface area contributed by atoms with Gasteiger partial charge in [0, 0.05) is 43.8 Å². The normalized spacial score (nSPS) is 18.6. The van der Waals surface area contributed by atoms with Crippen molar-refractivity contribution in [3.63, 3.8) is 0 Å². The van der Waals surface area contributed by atoms with E-state index in [1.165, 1.54) is 11.1 Å². The number of amides is 4. The third-order valence-electron chi connectivity index (χ3n) is 7.06. The number of barbiturate groups is 1. The monoisotopic (exact) mass is 484 g/mol. The predicted molar refractivity (Wildman–Crippen MR) is 131 cm³/mol. The van der Waals surface area contributed by atoms with Crippen LogP contribution in [0.3, 0.4) is 0 Å². The minimum absolute atomic E-state index is 0.323. The van der Waals surface area contributed by atoms with Crippen molar-refractivity contribution in [1.29, 1.82) is 0 Å². The zero-order valence-electron chi connectivity index (χ0n) is 19.4. The molecule has 3 aromatic rings. The first kappa shape index (κ1) is 22.0. The van der Waals surface area contributed by atoms with Gasteiger partial charge in [-0.15, -0.1) is 0 Å². The molecule has 0 bridgehead atoms. The number of pyridine rings is 2. The highest BCUT2D eigenvalue weighted by Gasteiger charge is 2.57. The number of hydrogen-bond donors (Lipinski definition) is 2. The molecule has 36 heavy (non-hydrogen) atoms. The molecule has 182 valence electrons. The van der Waals surface area contributed by atoms with Crippen molar-refractivity contribution >= 4 is 29.2 Å². The summed E-state index contributed by atoms with van der Waals surface area (Å²) in [5.74, 6) is -0.0984. The quantitative estimate of drug-likeness (QED) is 0.543. The molecule has 3 aliphatic heterocycles. The van der Waals surface area contributed by atoms with Gasteiger partial charge in [-0.2, -0.15) is 0 Å². The Labute approximate surface area is 207 Å². The molecule has 0 aliphatic carbocycles. The SMILES string of the molecule is O=C1NC(=O)C2(CCCN2c2ccc(Oc3ccc4c(c3)CCN(c3ccncc3)C4)nc2)C(=O)N1. The Morgan fingerprint density at radius 1 is 0.889 bits per heavy atom. The second-order valence-corrected chi connectivity index (χ2v) is 9.12. The van der Waals surface area contributed by atoms with E-state index in [2.05, 4.69) is 37.6 Å². The van der Waals surface area contributed by atoms with Gasteiger partial charge in [-0.3, -0.25) is 25.2 Å². The van der Waals surface area contributed by atoms with E-state index in [0.717, 1.165) is 25.2 Å². The van der Waals surface area contributed by atoms with Crippen molar-refractivity contribution in [1.82, 2.24) is 20.6 Å². The molecule has 2 fully saturated rings. The minimum atomic E-state index is -1.44. The van der Waals surface area contributed by atoms with Gasteiger partial charge in [-0.05, 0) is 60.7 Å². The third-order valence-corrected chi connectivity index (χ3v) is 7.06. The molecule has 10 nitrogen and oxygen atoms in total. The number of benzene rings is 1. The van der Waals surface area contributed by atoms with E-state index in [9.17, 15) is 14.4 Å². The van der Waals surface area contributed by atoms with Crippen molar-refractivity contribution in [2.24, 2.45) is 0 Å². The van der Waals surface area contributed by atoms with E-state index in [1.807, 2.05) is 30.6 Å². The number of urea groups is 1. The molecule has 3 aliphatic rings. The van der Waals surface area contributed by atoms with Gasteiger partial charge in [0.05, 0.1) is 11.9 Å². The van der Waals surface area contributed by atoms with Crippen LogP contribution in [-0.4, -0.2) is 46.4 Å². The summed E-state index contributed by atoms with van der Waals surface area (Å²) in [6.07, 6.45) is 7.08. The number of nitrogens with zero attached hydrogens (tertiary/aromatic N) is 4. The van der Waals surface area contributed by atoms with Gasteiger partial charge in [0.15, 0.2) is 5.54 Å². The Balaban J connectivity index is 1.17. The van der Waals surface area contributed by atoms with E-state index in [0.29, 0.717) is 36.7 Å². The largest absolute Gasteiger partial charge is 0.439 e. The molecule has 6 rings (SSSR count). The van der Waals surface area contributed by atoms with Crippen LogP contribution in [0.1, 0.15) is 24.0 Å². The molecule has 1 spiro atoms. The number of ether oxygens (including phenoxy) is 1. The maximum atomic E-state index is 12.7. The van der Waals surface area contributed by atoms with E-state index in [1.54, 1.807) is 23.2 Å². The van der Waals surface area contributed by atoms with Crippen molar-refractivity contribution in [3.8, 4) is 11.6 Å². The Bertz CT molecular complexity index is 1320. The van der Waals surface area contributed by atoms with Crippen LogP contribution in [0.25, 0.3) is 0 Å². The molecule has 2 saturated heterocycles. The van der Waals surface area contributed by atoms with Gasteiger partial charge in [0.1, 0.15) is 5.75 Å². The number of aromatic nitrogens is 2. The van der Waals surface area contributed by atoms with Crippen molar-refractivity contribution in [3.05, 3.63) is 72.2 Å². The van der Waals surface area contributed by atoms with Gasteiger partial charge in [-0.1, -0.05) is 6.07 Å². The van der Waals surface area contributed by atoms with Crippen LogP contribution in [0.5, 0.6) is 11.6 Å². The number of rotatable bonds is 4. The van der Waals surface area contributed by atoms with Gasteiger partial charge in [0.25, 0.3) is 11.8 Å². The maximum absolute atomic E-state index is 12.7. The number of carbonyl (C=O) groups is 3. The highest BCUT2D eigenvalue weighted by Crippen LogP contribution is 2.36. The lowest BCUT2D eigenvalue weighted by Crippen LogP contribution is -2.71. The fourth-order valence-corrected chi connectivity index (χ4v) is 5.27. The zero-order chi connectivity index (χ0) is 24.7. The summed E-state index contributed by atoms with van der Waals surface area (Å²) in [4.78, 5) is 49.4. The van der Waals surface area contributed by atoms with Crippen molar-refractivity contribution in [2.75, 3.05) is 22.9 Å². The third kappa shape index (κ3) is 3.71. The number of carbonyl (C=O) groups excluding carboxylic acids is 3. The molecule has 10 heteroatoms. The number of fused-ring (bicyclic) bond motifs is 1. The highest BCUT2D eigenvalue weighted by molar-refractivity contribution is 6.24. The van der Waals surface area contributed by atoms with Gasteiger partial charge < -0.3 is 14.5 Å². The van der Waals surface area contributed by atoms with Crippen molar-refractivity contribution in [2.45, 2.75) is 31.3 Å². The minimum Gasteiger partial charge on any atom is -0.439 e. The van der Waals surface area contributed by atoms with Crippen LogP contribution >= 0.6 is 0 Å². The zero-order valence-corrected chi connectivity index (χ0v) is 19.4. The summed E-state index contributed by atoms with van der Waals surface area (Å²) in [6, 6.07) is 12.8. The fraction of sp³-hybridized carbons (Fsp3) is 0.269. The Morgan fingerprint density at radius 3 is 2.44 bits per heavy atom. The number of hydrogen-bond acceptors (Lipinski definition) is 8. The molecule has 5 heterocycles. The summed E-state index contributed by atoms with van der Waals surface area (Å²) >= 11 is 0. The summed E-state index contributed by atoms with van der Waals surface area (Å²) < 4.78 is 6.01. The molecule has 4 amide bonds.